The number of benzene rings is 1. The molecule has 6 heteroatoms. The molecule has 1 heterocycles. The van der Waals surface area contributed by atoms with Gasteiger partial charge in [0.05, 0.1) is 26.3 Å². The van der Waals surface area contributed by atoms with E-state index in [0.29, 0.717) is 35.9 Å². The fourth-order valence-electron chi connectivity index (χ4n) is 1.70. The lowest BCUT2D eigenvalue weighted by molar-refractivity contribution is 0.393. The van der Waals surface area contributed by atoms with E-state index in [0.717, 1.165) is 5.56 Å². The molecule has 2 rings (SSSR count). The molecule has 1 aromatic carbocycles. The summed E-state index contributed by atoms with van der Waals surface area (Å²) in [6.45, 7) is 4.66. The molecule has 0 aliphatic rings. The van der Waals surface area contributed by atoms with Gasteiger partial charge in [-0.05, 0) is 12.1 Å². The number of hydrogen-bond donors (Lipinski definition) is 1. The van der Waals surface area contributed by atoms with Gasteiger partial charge in [-0.1, -0.05) is 13.8 Å². The highest BCUT2D eigenvalue weighted by atomic mass is 16.5. The molecule has 0 atom stereocenters. The molecule has 108 valence electrons. The van der Waals surface area contributed by atoms with E-state index < -0.39 is 0 Å². The summed E-state index contributed by atoms with van der Waals surface area (Å²) >= 11 is 0. The average Bonchev–Trinajstić information content (AvgIpc) is 2.93. The zero-order valence-electron chi connectivity index (χ0n) is 12.1. The Morgan fingerprint density at radius 3 is 2.65 bits per heavy atom. The lowest BCUT2D eigenvalue weighted by Gasteiger charge is -2.07. The van der Waals surface area contributed by atoms with Gasteiger partial charge in [0.25, 0.3) is 5.89 Å². The standard InChI is InChI=1S/C14H19N3O3/c1-9(2)15-8-13-16-17-14(20-13)11-6-5-10(18-3)7-12(11)19-4/h5-7,9,15H,8H2,1-4H3. The van der Waals surface area contributed by atoms with Crippen LogP contribution in [0, 0.1) is 0 Å². The Balaban J connectivity index is 2.23. The predicted octanol–water partition coefficient (Wildman–Crippen LogP) is 2.25. The summed E-state index contributed by atoms with van der Waals surface area (Å²) in [5.41, 5.74) is 0.747. The van der Waals surface area contributed by atoms with Crippen molar-refractivity contribution in [3.05, 3.63) is 24.1 Å². The first-order chi connectivity index (χ1) is 9.63. The van der Waals surface area contributed by atoms with Crippen LogP contribution >= 0.6 is 0 Å². The van der Waals surface area contributed by atoms with Gasteiger partial charge in [0.1, 0.15) is 11.5 Å². The van der Waals surface area contributed by atoms with Crippen molar-refractivity contribution in [3.8, 4) is 23.0 Å². The molecule has 0 unspecified atom stereocenters. The fraction of sp³-hybridized carbons (Fsp3) is 0.429. The van der Waals surface area contributed by atoms with Crippen LogP contribution in [0.15, 0.2) is 22.6 Å². The van der Waals surface area contributed by atoms with Gasteiger partial charge in [0.15, 0.2) is 0 Å². The highest BCUT2D eigenvalue weighted by molar-refractivity contribution is 5.64. The molecule has 0 amide bonds. The van der Waals surface area contributed by atoms with Crippen LogP contribution in [0.2, 0.25) is 0 Å². The van der Waals surface area contributed by atoms with Gasteiger partial charge >= 0.3 is 0 Å². The Morgan fingerprint density at radius 2 is 2.00 bits per heavy atom. The van der Waals surface area contributed by atoms with Crippen LogP contribution in [-0.2, 0) is 6.54 Å². The van der Waals surface area contributed by atoms with Crippen LogP contribution in [0.5, 0.6) is 11.5 Å². The van der Waals surface area contributed by atoms with Gasteiger partial charge in [-0.25, -0.2) is 0 Å². The van der Waals surface area contributed by atoms with Crippen LogP contribution in [0.1, 0.15) is 19.7 Å². The highest BCUT2D eigenvalue weighted by Gasteiger charge is 2.14. The topological polar surface area (TPSA) is 69.4 Å². The van der Waals surface area contributed by atoms with Crippen LogP contribution in [0.4, 0.5) is 0 Å². The van der Waals surface area contributed by atoms with Crippen molar-refractivity contribution in [1.82, 2.24) is 15.5 Å². The number of rotatable bonds is 6. The van der Waals surface area contributed by atoms with Crippen LogP contribution in [-0.4, -0.2) is 30.5 Å². The van der Waals surface area contributed by atoms with Crippen molar-refractivity contribution >= 4 is 0 Å². The molecule has 0 saturated carbocycles. The van der Waals surface area contributed by atoms with Crippen molar-refractivity contribution in [2.24, 2.45) is 0 Å². The van der Waals surface area contributed by atoms with Crippen LogP contribution in [0.3, 0.4) is 0 Å². The molecule has 0 aliphatic heterocycles. The maximum absolute atomic E-state index is 5.63. The van der Waals surface area contributed by atoms with Crippen molar-refractivity contribution in [1.29, 1.82) is 0 Å². The second-order valence-corrected chi connectivity index (χ2v) is 4.60. The predicted molar refractivity (Wildman–Crippen MR) is 74.8 cm³/mol. The molecule has 0 saturated heterocycles. The summed E-state index contributed by atoms with van der Waals surface area (Å²) in [6, 6.07) is 5.81. The number of nitrogens with zero attached hydrogens (tertiary/aromatic N) is 2. The van der Waals surface area contributed by atoms with Gasteiger partial charge in [0.2, 0.25) is 5.89 Å². The second kappa shape index (κ2) is 6.38. The zero-order valence-corrected chi connectivity index (χ0v) is 12.1. The van der Waals surface area contributed by atoms with Gasteiger partial charge < -0.3 is 19.2 Å². The van der Waals surface area contributed by atoms with E-state index in [1.807, 2.05) is 12.1 Å². The minimum atomic E-state index is 0.362. The largest absolute Gasteiger partial charge is 0.497 e. The fourth-order valence-corrected chi connectivity index (χ4v) is 1.70. The van der Waals surface area contributed by atoms with Gasteiger partial charge in [-0.15, -0.1) is 10.2 Å². The van der Waals surface area contributed by atoms with Crippen molar-refractivity contribution < 1.29 is 13.9 Å². The highest BCUT2D eigenvalue weighted by Crippen LogP contribution is 2.32. The van der Waals surface area contributed by atoms with E-state index in [2.05, 4.69) is 29.4 Å². The van der Waals surface area contributed by atoms with Crippen molar-refractivity contribution in [3.63, 3.8) is 0 Å². The summed E-state index contributed by atoms with van der Waals surface area (Å²) in [4.78, 5) is 0. The Bertz CT molecular complexity index is 567. The molecule has 0 fully saturated rings. The zero-order chi connectivity index (χ0) is 14.5. The average molecular weight is 277 g/mol. The summed E-state index contributed by atoms with van der Waals surface area (Å²) in [6.07, 6.45) is 0. The van der Waals surface area contributed by atoms with E-state index in [1.165, 1.54) is 0 Å². The normalized spacial score (nSPS) is 10.8. The van der Waals surface area contributed by atoms with Gasteiger partial charge in [-0.3, -0.25) is 0 Å². The maximum atomic E-state index is 5.63. The number of hydrogen-bond acceptors (Lipinski definition) is 6. The summed E-state index contributed by atoms with van der Waals surface area (Å²) in [7, 11) is 3.20. The van der Waals surface area contributed by atoms with E-state index >= 15 is 0 Å². The van der Waals surface area contributed by atoms with Crippen LogP contribution in [0.25, 0.3) is 11.5 Å². The van der Waals surface area contributed by atoms with E-state index in [1.54, 1.807) is 20.3 Å². The lowest BCUT2D eigenvalue weighted by atomic mass is 10.2. The molecule has 1 aromatic heterocycles. The summed E-state index contributed by atoms with van der Waals surface area (Å²) < 4.78 is 16.1. The third-order valence-electron chi connectivity index (χ3n) is 2.77. The molecule has 1 N–H and O–H groups in total. The lowest BCUT2D eigenvalue weighted by Crippen LogP contribution is -2.21. The Hall–Kier alpha value is -2.08. The minimum Gasteiger partial charge on any atom is -0.497 e. The van der Waals surface area contributed by atoms with E-state index in [-0.39, 0.29) is 0 Å². The maximum Gasteiger partial charge on any atom is 0.251 e. The third-order valence-corrected chi connectivity index (χ3v) is 2.77. The van der Waals surface area contributed by atoms with Gasteiger partial charge in [-0.2, -0.15) is 0 Å². The SMILES string of the molecule is COc1ccc(-c2nnc(CNC(C)C)o2)c(OC)c1. The smallest absolute Gasteiger partial charge is 0.251 e. The summed E-state index contributed by atoms with van der Waals surface area (Å²) in [5.74, 6) is 2.33. The number of ether oxygens (including phenoxy) is 2. The molecule has 2 aromatic rings. The van der Waals surface area contributed by atoms with Crippen LogP contribution < -0.4 is 14.8 Å². The molecular weight excluding hydrogens is 258 g/mol. The van der Waals surface area contributed by atoms with Crippen molar-refractivity contribution in [2.45, 2.75) is 26.4 Å². The molecule has 0 spiro atoms. The molecular formula is C14H19N3O3. The molecule has 0 bridgehead atoms. The molecule has 6 nitrogen and oxygen atoms in total. The number of methoxy groups -OCH3 is 2. The first-order valence-corrected chi connectivity index (χ1v) is 6.42. The minimum absolute atomic E-state index is 0.362. The number of aromatic nitrogens is 2. The first-order valence-electron chi connectivity index (χ1n) is 6.42. The Kier molecular flexibility index (Phi) is 4.57. The molecule has 0 aliphatic carbocycles. The Labute approximate surface area is 118 Å². The molecule has 20 heavy (non-hydrogen) atoms. The second-order valence-electron chi connectivity index (χ2n) is 4.60. The summed E-state index contributed by atoms with van der Waals surface area (Å²) in [5, 5.41) is 11.3. The monoisotopic (exact) mass is 277 g/mol. The van der Waals surface area contributed by atoms with Gasteiger partial charge in [0, 0.05) is 12.1 Å². The number of nitrogens with one attached hydrogen (secondary N) is 1. The van der Waals surface area contributed by atoms with E-state index in [4.69, 9.17) is 13.9 Å². The molecule has 0 radical (unpaired) electrons. The Morgan fingerprint density at radius 1 is 1.20 bits per heavy atom. The van der Waals surface area contributed by atoms with E-state index in [9.17, 15) is 0 Å². The quantitative estimate of drug-likeness (QED) is 0.873. The third kappa shape index (κ3) is 3.27. The first kappa shape index (κ1) is 14.3. The van der Waals surface area contributed by atoms with Crippen molar-refractivity contribution in [2.75, 3.05) is 14.2 Å².